The summed E-state index contributed by atoms with van der Waals surface area (Å²) in [5.41, 5.74) is 2.03. The highest BCUT2D eigenvalue weighted by atomic mass is 16.5. The first kappa shape index (κ1) is 7.62. The minimum Gasteiger partial charge on any atom is -0.493 e. The van der Waals surface area contributed by atoms with E-state index in [0.717, 1.165) is 16.9 Å². The Hall–Kier alpha value is -1.02. The van der Waals surface area contributed by atoms with Crippen LogP contribution >= 0.6 is 0 Å². The van der Waals surface area contributed by atoms with E-state index in [-0.39, 0.29) is 6.10 Å². The molecule has 0 saturated heterocycles. The van der Waals surface area contributed by atoms with Crippen molar-refractivity contribution in [3.63, 3.8) is 0 Å². The van der Waals surface area contributed by atoms with E-state index in [1.165, 1.54) is 0 Å². The van der Waals surface area contributed by atoms with Crippen molar-refractivity contribution in [3.05, 3.63) is 29.3 Å². The van der Waals surface area contributed by atoms with E-state index in [0.29, 0.717) is 13.0 Å². The Morgan fingerprint density at radius 1 is 1.50 bits per heavy atom. The van der Waals surface area contributed by atoms with Crippen molar-refractivity contribution in [2.75, 3.05) is 6.61 Å². The van der Waals surface area contributed by atoms with Gasteiger partial charge in [0.2, 0.25) is 0 Å². The lowest BCUT2D eigenvalue weighted by Gasteiger charge is -2.23. The lowest BCUT2D eigenvalue weighted by atomic mass is 10.0. The predicted molar refractivity (Wildman–Crippen MR) is 46.3 cm³/mol. The Morgan fingerprint density at radius 3 is 3.08 bits per heavy atom. The number of aliphatic hydroxyl groups is 1. The number of benzene rings is 1. The molecule has 0 amide bonds. The summed E-state index contributed by atoms with van der Waals surface area (Å²) in [6, 6.07) is 5.87. The van der Waals surface area contributed by atoms with Crippen LogP contribution in [-0.2, 0) is 0 Å². The molecular weight excluding hydrogens is 152 g/mol. The van der Waals surface area contributed by atoms with Gasteiger partial charge in [0, 0.05) is 12.0 Å². The average molecular weight is 164 g/mol. The van der Waals surface area contributed by atoms with Crippen molar-refractivity contribution in [3.8, 4) is 5.75 Å². The summed E-state index contributed by atoms with van der Waals surface area (Å²) in [7, 11) is 0. The standard InChI is InChI=1S/C10H12O2/c1-7-3-2-4-8-9(11)5-6-12-10(7)8/h2-4,9,11H,5-6H2,1H3/t9-/m0/s1. The third kappa shape index (κ3) is 1.08. The number of aryl methyl sites for hydroxylation is 1. The molecule has 1 aliphatic rings. The number of hydrogen-bond donors (Lipinski definition) is 1. The third-order valence-corrected chi connectivity index (χ3v) is 2.24. The van der Waals surface area contributed by atoms with Crippen molar-refractivity contribution in [1.29, 1.82) is 0 Å². The van der Waals surface area contributed by atoms with Gasteiger partial charge in [-0.2, -0.15) is 0 Å². The zero-order valence-corrected chi connectivity index (χ0v) is 7.08. The first-order valence-electron chi connectivity index (χ1n) is 4.19. The molecule has 0 aromatic heterocycles. The quantitative estimate of drug-likeness (QED) is 0.633. The maximum absolute atomic E-state index is 9.61. The molecule has 0 fully saturated rings. The molecule has 2 rings (SSSR count). The zero-order chi connectivity index (χ0) is 8.55. The van der Waals surface area contributed by atoms with Crippen LogP contribution in [0.2, 0.25) is 0 Å². The van der Waals surface area contributed by atoms with Crippen LogP contribution in [0.25, 0.3) is 0 Å². The van der Waals surface area contributed by atoms with Crippen molar-refractivity contribution in [2.45, 2.75) is 19.4 Å². The van der Waals surface area contributed by atoms with E-state index in [4.69, 9.17) is 4.74 Å². The smallest absolute Gasteiger partial charge is 0.127 e. The molecule has 1 aromatic rings. The van der Waals surface area contributed by atoms with Crippen LogP contribution < -0.4 is 4.74 Å². The van der Waals surface area contributed by atoms with Crippen LogP contribution in [0.1, 0.15) is 23.7 Å². The SMILES string of the molecule is Cc1cccc2c1OCC[C@@H]2O. The van der Waals surface area contributed by atoms with Crippen molar-refractivity contribution >= 4 is 0 Å². The topological polar surface area (TPSA) is 29.5 Å². The monoisotopic (exact) mass is 164 g/mol. The highest BCUT2D eigenvalue weighted by Crippen LogP contribution is 2.33. The number of ether oxygens (including phenoxy) is 1. The second-order valence-electron chi connectivity index (χ2n) is 3.15. The number of fused-ring (bicyclic) bond motifs is 1. The van der Waals surface area contributed by atoms with Gasteiger partial charge in [0.1, 0.15) is 5.75 Å². The summed E-state index contributed by atoms with van der Waals surface area (Å²) >= 11 is 0. The molecule has 0 bridgehead atoms. The first-order chi connectivity index (χ1) is 5.79. The van der Waals surface area contributed by atoms with E-state index in [1.54, 1.807) is 0 Å². The van der Waals surface area contributed by atoms with Crippen LogP contribution in [0, 0.1) is 6.92 Å². The fourth-order valence-electron chi connectivity index (χ4n) is 1.56. The Balaban J connectivity index is 2.52. The third-order valence-electron chi connectivity index (χ3n) is 2.24. The van der Waals surface area contributed by atoms with Crippen LogP contribution in [0.5, 0.6) is 5.75 Å². The molecule has 1 aliphatic heterocycles. The predicted octanol–water partition coefficient (Wildman–Crippen LogP) is 1.81. The lowest BCUT2D eigenvalue weighted by Crippen LogP contribution is -2.14. The molecule has 0 radical (unpaired) electrons. The van der Waals surface area contributed by atoms with E-state index in [1.807, 2.05) is 25.1 Å². The van der Waals surface area contributed by atoms with Crippen LogP contribution in [0.15, 0.2) is 18.2 Å². The average Bonchev–Trinajstić information content (AvgIpc) is 2.07. The normalized spacial score (nSPS) is 21.3. The summed E-state index contributed by atoms with van der Waals surface area (Å²) in [5, 5.41) is 9.61. The Morgan fingerprint density at radius 2 is 2.33 bits per heavy atom. The fraction of sp³-hybridized carbons (Fsp3) is 0.400. The van der Waals surface area contributed by atoms with Gasteiger partial charge in [0.15, 0.2) is 0 Å². The fourth-order valence-corrected chi connectivity index (χ4v) is 1.56. The molecule has 2 nitrogen and oxygen atoms in total. The molecule has 1 aromatic carbocycles. The molecule has 1 N–H and O–H groups in total. The highest BCUT2D eigenvalue weighted by Gasteiger charge is 2.19. The minimum atomic E-state index is -0.339. The van der Waals surface area contributed by atoms with Crippen molar-refractivity contribution in [2.24, 2.45) is 0 Å². The van der Waals surface area contributed by atoms with E-state index >= 15 is 0 Å². The van der Waals surface area contributed by atoms with Gasteiger partial charge >= 0.3 is 0 Å². The largest absolute Gasteiger partial charge is 0.493 e. The van der Waals surface area contributed by atoms with Gasteiger partial charge in [0.05, 0.1) is 12.7 Å². The number of rotatable bonds is 0. The van der Waals surface area contributed by atoms with Crippen LogP contribution in [0.4, 0.5) is 0 Å². The maximum atomic E-state index is 9.61. The van der Waals surface area contributed by atoms with Gasteiger partial charge in [-0.25, -0.2) is 0 Å². The number of aliphatic hydroxyl groups excluding tert-OH is 1. The molecule has 1 heterocycles. The molecule has 0 saturated carbocycles. The molecule has 12 heavy (non-hydrogen) atoms. The Bertz CT molecular complexity index is 294. The second kappa shape index (κ2) is 2.79. The van der Waals surface area contributed by atoms with Crippen molar-refractivity contribution in [1.82, 2.24) is 0 Å². The van der Waals surface area contributed by atoms with Gasteiger partial charge in [-0.05, 0) is 12.5 Å². The summed E-state index contributed by atoms with van der Waals surface area (Å²) in [5.74, 6) is 0.872. The van der Waals surface area contributed by atoms with Gasteiger partial charge in [-0.15, -0.1) is 0 Å². The molecule has 0 spiro atoms. The van der Waals surface area contributed by atoms with Crippen LogP contribution in [0.3, 0.4) is 0 Å². The molecule has 0 unspecified atom stereocenters. The van der Waals surface area contributed by atoms with E-state index in [9.17, 15) is 5.11 Å². The molecule has 0 aliphatic carbocycles. The lowest BCUT2D eigenvalue weighted by molar-refractivity contribution is 0.115. The van der Waals surface area contributed by atoms with Gasteiger partial charge < -0.3 is 9.84 Å². The zero-order valence-electron chi connectivity index (χ0n) is 7.08. The molecule has 64 valence electrons. The van der Waals surface area contributed by atoms with E-state index in [2.05, 4.69) is 0 Å². The summed E-state index contributed by atoms with van der Waals surface area (Å²) in [6.45, 7) is 2.62. The number of hydrogen-bond acceptors (Lipinski definition) is 2. The minimum absolute atomic E-state index is 0.339. The summed E-state index contributed by atoms with van der Waals surface area (Å²) in [6.07, 6.45) is 0.366. The number of para-hydroxylation sites is 1. The second-order valence-corrected chi connectivity index (χ2v) is 3.15. The first-order valence-corrected chi connectivity index (χ1v) is 4.19. The van der Waals surface area contributed by atoms with E-state index < -0.39 is 0 Å². The molecule has 2 heteroatoms. The summed E-state index contributed by atoms with van der Waals surface area (Å²) < 4.78 is 5.46. The molecule has 1 atom stereocenters. The maximum Gasteiger partial charge on any atom is 0.127 e. The van der Waals surface area contributed by atoms with Gasteiger partial charge in [-0.1, -0.05) is 18.2 Å². The van der Waals surface area contributed by atoms with Gasteiger partial charge in [0.25, 0.3) is 0 Å². The van der Waals surface area contributed by atoms with Crippen LogP contribution in [-0.4, -0.2) is 11.7 Å². The Kier molecular flexibility index (Phi) is 1.77. The van der Waals surface area contributed by atoms with Gasteiger partial charge in [-0.3, -0.25) is 0 Å². The molecular formula is C10H12O2. The van der Waals surface area contributed by atoms with Crippen molar-refractivity contribution < 1.29 is 9.84 Å². The summed E-state index contributed by atoms with van der Waals surface area (Å²) in [4.78, 5) is 0. The highest BCUT2D eigenvalue weighted by molar-refractivity contribution is 5.43. The Labute approximate surface area is 71.8 Å².